The zero-order valence-corrected chi connectivity index (χ0v) is 11.5. The maximum atomic E-state index is 11.5. The first kappa shape index (κ1) is 14.6. The van der Waals surface area contributed by atoms with Crippen molar-refractivity contribution in [2.45, 2.75) is 20.0 Å². The number of benzene rings is 1. The number of nitrogens with one attached hydrogen (secondary N) is 1. The first-order chi connectivity index (χ1) is 9.86. The van der Waals surface area contributed by atoms with E-state index in [1.165, 1.54) is 19.1 Å². The van der Waals surface area contributed by atoms with Gasteiger partial charge in [-0.2, -0.15) is 0 Å². The number of rotatable bonds is 3. The number of aryl methyl sites for hydroxylation is 1. The normalized spacial score (nSPS) is 11.9. The highest BCUT2D eigenvalue weighted by Gasteiger charge is 2.16. The topological polar surface area (TPSA) is 112 Å². The molecule has 2 rings (SSSR count). The highest BCUT2D eigenvalue weighted by Crippen LogP contribution is 2.22. The van der Waals surface area contributed by atoms with Crippen molar-refractivity contribution in [1.82, 2.24) is 5.32 Å². The Kier molecular flexibility index (Phi) is 3.93. The maximum absolute atomic E-state index is 11.5. The van der Waals surface area contributed by atoms with Crippen LogP contribution < -0.4 is 21.4 Å². The molecule has 1 atom stereocenters. The number of primary amides is 1. The lowest BCUT2D eigenvalue weighted by Crippen LogP contribution is -2.42. The van der Waals surface area contributed by atoms with Gasteiger partial charge in [-0.1, -0.05) is 0 Å². The van der Waals surface area contributed by atoms with E-state index in [9.17, 15) is 14.4 Å². The van der Waals surface area contributed by atoms with Gasteiger partial charge in [0.05, 0.1) is 0 Å². The van der Waals surface area contributed by atoms with Crippen LogP contribution in [0.1, 0.15) is 12.5 Å². The summed E-state index contributed by atoms with van der Waals surface area (Å²) in [4.78, 5) is 33.5. The minimum Gasteiger partial charge on any atom is -0.481 e. The van der Waals surface area contributed by atoms with Crippen molar-refractivity contribution >= 4 is 22.9 Å². The summed E-state index contributed by atoms with van der Waals surface area (Å²) < 4.78 is 10.5. The number of amides is 3. The second-order valence-corrected chi connectivity index (χ2v) is 4.52. The summed E-state index contributed by atoms with van der Waals surface area (Å²) in [6.45, 7) is 3.26. The molecule has 3 N–H and O–H groups in total. The lowest BCUT2D eigenvalue weighted by atomic mass is 10.1. The molecule has 3 amide bonds. The monoisotopic (exact) mass is 290 g/mol. The van der Waals surface area contributed by atoms with Gasteiger partial charge in [-0.15, -0.1) is 0 Å². The Morgan fingerprint density at radius 3 is 2.71 bits per heavy atom. The lowest BCUT2D eigenvalue weighted by molar-refractivity contribution is -0.126. The van der Waals surface area contributed by atoms with Crippen LogP contribution in [0.5, 0.6) is 5.75 Å². The van der Waals surface area contributed by atoms with E-state index >= 15 is 0 Å². The van der Waals surface area contributed by atoms with Crippen LogP contribution in [0.2, 0.25) is 0 Å². The van der Waals surface area contributed by atoms with E-state index in [4.69, 9.17) is 14.9 Å². The van der Waals surface area contributed by atoms with Crippen molar-refractivity contribution in [2.75, 3.05) is 0 Å². The van der Waals surface area contributed by atoms with Crippen LogP contribution in [0.4, 0.5) is 4.79 Å². The van der Waals surface area contributed by atoms with E-state index < -0.39 is 23.7 Å². The standard InChI is InChI=1S/C14H14N2O5/c1-7-5-12(17)21-11-6-9(3-4-10(7)11)20-8(2)13(18)16-14(15)19/h3-6,8H,1-2H3,(H3,15,16,18,19). The molecule has 0 aliphatic carbocycles. The molecule has 110 valence electrons. The Morgan fingerprint density at radius 2 is 2.05 bits per heavy atom. The number of ether oxygens (including phenoxy) is 1. The highest BCUT2D eigenvalue weighted by atomic mass is 16.5. The molecule has 0 spiro atoms. The molecule has 7 nitrogen and oxygen atoms in total. The zero-order chi connectivity index (χ0) is 15.6. The van der Waals surface area contributed by atoms with Crippen LogP contribution in [-0.4, -0.2) is 18.0 Å². The lowest BCUT2D eigenvalue weighted by Gasteiger charge is -2.13. The van der Waals surface area contributed by atoms with Crippen molar-refractivity contribution in [3.8, 4) is 5.75 Å². The largest absolute Gasteiger partial charge is 0.481 e. The first-order valence-corrected chi connectivity index (χ1v) is 6.18. The van der Waals surface area contributed by atoms with Gasteiger partial charge in [0.1, 0.15) is 11.3 Å². The molecule has 2 aromatic rings. The number of imide groups is 1. The molecule has 0 saturated carbocycles. The first-order valence-electron chi connectivity index (χ1n) is 6.18. The van der Waals surface area contributed by atoms with E-state index in [2.05, 4.69) is 0 Å². The van der Waals surface area contributed by atoms with E-state index in [-0.39, 0.29) is 0 Å². The van der Waals surface area contributed by atoms with Crippen LogP contribution in [0.15, 0.2) is 33.5 Å². The molecule has 0 bridgehead atoms. The van der Waals surface area contributed by atoms with Crippen LogP contribution in [-0.2, 0) is 4.79 Å². The Labute approximate surface area is 119 Å². The number of hydrogen-bond acceptors (Lipinski definition) is 5. The number of carbonyl (C=O) groups is 2. The fraction of sp³-hybridized carbons (Fsp3) is 0.214. The van der Waals surface area contributed by atoms with E-state index in [1.54, 1.807) is 19.1 Å². The van der Waals surface area contributed by atoms with Crippen molar-refractivity contribution in [2.24, 2.45) is 5.73 Å². The number of fused-ring (bicyclic) bond motifs is 1. The van der Waals surface area contributed by atoms with Crippen molar-refractivity contribution < 1.29 is 18.7 Å². The Balaban J connectivity index is 2.25. The molecular weight excluding hydrogens is 276 g/mol. The molecule has 7 heteroatoms. The molecule has 0 aliphatic heterocycles. The molecule has 0 fully saturated rings. The third-order valence-electron chi connectivity index (χ3n) is 2.85. The smallest absolute Gasteiger partial charge is 0.336 e. The molecule has 1 aromatic heterocycles. The van der Waals surface area contributed by atoms with Gasteiger partial charge in [-0.05, 0) is 31.5 Å². The summed E-state index contributed by atoms with van der Waals surface area (Å²) in [6.07, 6.45) is -0.925. The fourth-order valence-corrected chi connectivity index (χ4v) is 1.86. The Hall–Kier alpha value is -2.83. The molecule has 1 unspecified atom stereocenters. The van der Waals surface area contributed by atoms with Gasteiger partial charge in [-0.3, -0.25) is 10.1 Å². The Bertz CT molecular complexity index is 766. The summed E-state index contributed by atoms with van der Waals surface area (Å²) >= 11 is 0. The van der Waals surface area contributed by atoms with Crippen molar-refractivity contribution in [3.05, 3.63) is 40.2 Å². The van der Waals surface area contributed by atoms with E-state index in [1.807, 2.05) is 5.32 Å². The second kappa shape index (κ2) is 5.66. The predicted molar refractivity (Wildman–Crippen MR) is 75.0 cm³/mol. The van der Waals surface area contributed by atoms with Gasteiger partial charge in [0, 0.05) is 17.5 Å². The van der Waals surface area contributed by atoms with Crippen LogP contribution in [0, 0.1) is 6.92 Å². The number of nitrogens with two attached hydrogens (primary N) is 1. The average molecular weight is 290 g/mol. The zero-order valence-electron chi connectivity index (χ0n) is 11.5. The maximum Gasteiger partial charge on any atom is 0.336 e. The summed E-state index contributed by atoms with van der Waals surface area (Å²) in [7, 11) is 0. The van der Waals surface area contributed by atoms with Crippen LogP contribution in [0.25, 0.3) is 11.0 Å². The van der Waals surface area contributed by atoms with Gasteiger partial charge in [0.15, 0.2) is 6.10 Å². The third kappa shape index (κ3) is 3.38. The highest BCUT2D eigenvalue weighted by molar-refractivity contribution is 5.95. The van der Waals surface area contributed by atoms with E-state index in [0.29, 0.717) is 11.3 Å². The predicted octanol–water partition coefficient (Wildman–Crippen LogP) is 1.06. The molecule has 1 aromatic carbocycles. The molecule has 1 heterocycles. The summed E-state index contributed by atoms with van der Waals surface area (Å²) in [5, 5.41) is 2.69. The van der Waals surface area contributed by atoms with E-state index in [0.717, 1.165) is 10.9 Å². The number of urea groups is 1. The van der Waals surface area contributed by atoms with Gasteiger partial charge in [0.2, 0.25) is 0 Å². The van der Waals surface area contributed by atoms with Crippen molar-refractivity contribution in [3.63, 3.8) is 0 Å². The van der Waals surface area contributed by atoms with Gasteiger partial charge in [0.25, 0.3) is 5.91 Å². The van der Waals surface area contributed by atoms with Gasteiger partial charge >= 0.3 is 11.7 Å². The summed E-state index contributed by atoms with van der Waals surface area (Å²) in [5.74, 6) is -0.323. The average Bonchev–Trinajstić information content (AvgIpc) is 2.37. The molecule has 21 heavy (non-hydrogen) atoms. The van der Waals surface area contributed by atoms with Crippen LogP contribution in [0.3, 0.4) is 0 Å². The number of hydrogen-bond donors (Lipinski definition) is 2. The van der Waals surface area contributed by atoms with Crippen LogP contribution >= 0.6 is 0 Å². The Morgan fingerprint density at radius 1 is 1.33 bits per heavy atom. The van der Waals surface area contributed by atoms with Gasteiger partial charge in [-0.25, -0.2) is 9.59 Å². The number of carbonyl (C=O) groups excluding carboxylic acids is 2. The summed E-state index contributed by atoms with van der Waals surface area (Å²) in [6, 6.07) is 5.32. The molecule has 0 aliphatic rings. The minimum absolute atomic E-state index is 0.336. The second-order valence-electron chi connectivity index (χ2n) is 4.52. The fourth-order valence-electron chi connectivity index (χ4n) is 1.86. The third-order valence-corrected chi connectivity index (χ3v) is 2.85. The molecule has 0 saturated heterocycles. The van der Waals surface area contributed by atoms with Gasteiger partial charge < -0.3 is 14.9 Å². The molecular formula is C14H14N2O5. The SMILES string of the molecule is Cc1cc(=O)oc2cc(OC(C)C(=O)NC(N)=O)ccc12. The van der Waals surface area contributed by atoms with Crippen molar-refractivity contribution in [1.29, 1.82) is 0 Å². The molecule has 0 radical (unpaired) electrons. The minimum atomic E-state index is -0.949. The quantitative estimate of drug-likeness (QED) is 0.821. The summed E-state index contributed by atoms with van der Waals surface area (Å²) in [5.41, 5.74) is 5.54.